The van der Waals surface area contributed by atoms with E-state index in [4.69, 9.17) is 5.84 Å². The molecule has 0 saturated heterocycles. The van der Waals surface area contributed by atoms with Crippen LogP contribution in [0.4, 0.5) is 5.95 Å². The van der Waals surface area contributed by atoms with E-state index in [1.165, 1.54) is 4.68 Å². The SMILES string of the molecule is Cn1ncc(=O)nc1NN. The van der Waals surface area contributed by atoms with Crippen molar-refractivity contribution in [3.05, 3.63) is 16.6 Å². The van der Waals surface area contributed by atoms with E-state index in [1.807, 2.05) is 0 Å². The molecule has 6 heteroatoms. The van der Waals surface area contributed by atoms with E-state index in [0.717, 1.165) is 6.20 Å². The van der Waals surface area contributed by atoms with E-state index in [1.54, 1.807) is 7.05 Å². The molecule has 0 spiro atoms. The number of aryl methyl sites for hydroxylation is 1. The van der Waals surface area contributed by atoms with Crippen LogP contribution < -0.4 is 16.8 Å². The van der Waals surface area contributed by atoms with Gasteiger partial charge in [-0.15, -0.1) is 0 Å². The summed E-state index contributed by atoms with van der Waals surface area (Å²) < 4.78 is 1.36. The molecule has 0 radical (unpaired) electrons. The van der Waals surface area contributed by atoms with Crippen LogP contribution in [-0.2, 0) is 7.05 Å². The molecule has 0 unspecified atom stereocenters. The topological polar surface area (TPSA) is 85.8 Å². The molecular weight excluding hydrogens is 134 g/mol. The molecule has 1 aromatic heterocycles. The summed E-state index contributed by atoms with van der Waals surface area (Å²) in [5.74, 6) is 5.25. The zero-order chi connectivity index (χ0) is 7.56. The number of nitrogen functional groups attached to an aromatic ring is 1. The zero-order valence-corrected chi connectivity index (χ0v) is 5.40. The molecule has 0 aliphatic carbocycles. The molecule has 3 N–H and O–H groups in total. The third-order valence-electron chi connectivity index (χ3n) is 0.993. The number of hydrogen-bond acceptors (Lipinski definition) is 5. The number of nitrogens with zero attached hydrogens (tertiary/aromatic N) is 3. The second kappa shape index (κ2) is 2.44. The maximum absolute atomic E-state index is 10.5. The number of nitrogens with two attached hydrogens (primary N) is 1. The molecule has 1 aromatic rings. The standard InChI is InChI=1S/C4H7N5O/c1-9-4(8-5)7-3(10)2-6-9/h2H,5H2,1H3,(H,7,8,10). The van der Waals surface area contributed by atoms with Crippen molar-refractivity contribution >= 4 is 5.95 Å². The third kappa shape index (κ3) is 1.11. The number of nitrogens with one attached hydrogen (secondary N) is 1. The Kier molecular flexibility index (Phi) is 1.63. The van der Waals surface area contributed by atoms with Crippen LogP contribution in [0.15, 0.2) is 11.0 Å². The number of rotatable bonds is 1. The van der Waals surface area contributed by atoms with Gasteiger partial charge in [0, 0.05) is 7.05 Å². The lowest BCUT2D eigenvalue weighted by Crippen LogP contribution is -2.21. The first-order valence-corrected chi connectivity index (χ1v) is 2.61. The van der Waals surface area contributed by atoms with Crippen LogP contribution in [0.25, 0.3) is 0 Å². The smallest absolute Gasteiger partial charge is 0.292 e. The molecule has 0 atom stereocenters. The average Bonchev–Trinajstić information content (AvgIpc) is 1.94. The van der Waals surface area contributed by atoms with Crippen LogP contribution in [-0.4, -0.2) is 14.8 Å². The van der Waals surface area contributed by atoms with E-state index in [2.05, 4.69) is 15.5 Å². The summed E-state index contributed by atoms with van der Waals surface area (Å²) in [4.78, 5) is 14.0. The number of hydrazine groups is 1. The molecule has 0 bridgehead atoms. The van der Waals surface area contributed by atoms with Gasteiger partial charge in [-0.25, -0.2) is 10.5 Å². The Morgan fingerprint density at radius 1 is 1.80 bits per heavy atom. The van der Waals surface area contributed by atoms with Crippen molar-refractivity contribution < 1.29 is 0 Å². The zero-order valence-electron chi connectivity index (χ0n) is 5.40. The van der Waals surface area contributed by atoms with Crippen LogP contribution in [0, 0.1) is 0 Å². The number of hydrogen-bond donors (Lipinski definition) is 2. The predicted molar refractivity (Wildman–Crippen MR) is 35.1 cm³/mol. The van der Waals surface area contributed by atoms with E-state index < -0.39 is 5.56 Å². The minimum atomic E-state index is -0.411. The van der Waals surface area contributed by atoms with E-state index >= 15 is 0 Å². The van der Waals surface area contributed by atoms with Crippen LogP contribution in [0.1, 0.15) is 0 Å². The predicted octanol–water partition coefficient (Wildman–Crippen LogP) is -1.54. The monoisotopic (exact) mass is 141 g/mol. The summed E-state index contributed by atoms with van der Waals surface area (Å²) in [5, 5.41) is 3.65. The van der Waals surface area contributed by atoms with E-state index in [0.29, 0.717) is 0 Å². The Labute approximate surface area is 56.7 Å². The minimum Gasteiger partial charge on any atom is -0.292 e. The van der Waals surface area contributed by atoms with Crippen LogP contribution in [0.3, 0.4) is 0 Å². The van der Waals surface area contributed by atoms with Crippen molar-refractivity contribution in [2.24, 2.45) is 12.9 Å². The second-order valence-electron chi connectivity index (χ2n) is 1.69. The minimum absolute atomic E-state index is 0.243. The lowest BCUT2D eigenvalue weighted by atomic mass is 10.8. The first-order chi connectivity index (χ1) is 4.74. The molecule has 1 heterocycles. The fourth-order valence-corrected chi connectivity index (χ4v) is 0.522. The normalized spacial score (nSPS) is 9.40. The number of anilines is 1. The quantitative estimate of drug-likeness (QED) is 0.365. The highest BCUT2D eigenvalue weighted by Gasteiger charge is 1.94. The van der Waals surface area contributed by atoms with Gasteiger partial charge in [-0.2, -0.15) is 10.1 Å². The highest BCUT2D eigenvalue weighted by Crippen LogP contribution is 1.87. The summed E-state index contributed by atoms with van der Waals surface area (Å²) in [6.07, 6.45) is 1.11. The van der Waals surface area contributed by atoms with Crippen molar-refractivity contribution in [3.63, 3.8) is 0 Å². The van der Waals surface area contributed by atoms with E-state index in [-0.39, 0.29) is 5.95 Å². The molecule has 0 fully saturated rings. The molecule has 0 aromatic carbocycles. The molecular formula is C4H7N5O. The third-order valence-corrected chi connectivity index (χ3v) is 0.993. The molecule has 0 aliphatic rings. The van der Waals surface area contributed by atoms with Gasteiger partial charge in [-0.05, 0) is 0 Å². The first-order valence-electron chi connectivity index (χ1n) is 2.61. The van der Waals surface area contributed by atoms with Crippen molar-refractivity contribution in [1.29, 1.82) is 0 Å². The Morgan fingerprint density at radius 3 is 3.00 bits per heavy atom. The fourth-order valence-electron chi connectivity index (χ4n) is 0.522. The highest BCUT2D eigenvalue weighted by atomic mass is 16.1. The Bertz CT molecular complexity index is 279. The van der Waals surface area contributed by atoms with Gasteiger partial charge in [-0.1, -0.05) is 0 Å². The van der Waals surface area contributed by atoms with Gasteiger partial charge in [0.1, 0.15) is 6.20 Å². The molecule has 54 valence electrons. The maximum atomic E-state index is 10.5. The maximum Gasteiger partial charge on any atom is 0.293 e. The largest absolute Gasteiger partial charge is 0.293 e. The summed E-state index contributed by atoms with van der Waals surface area (Å²) in [7, 11) is 1.63. The van der Waals surface area contributed by atoms with Gasteiger partial charge in [0.05, 0.1) is 0 Å². The number of aromatic nitrogens is 3. The molecule has 0 amide bonds. The average molecular weight is 141 g/mol. The van der Waals surface area contributed by atoms with Gasteiger partial charge in [0.25, 0.3) is 5.56 Å². The lowest BCUT2D eigenvalue weighted by molar-refractivity contribution is 0.711. The van der Waals surface area contributed by atoms with Gasteiger partial charge < -0.3 is 0 Å². The molecule has 0 saturated carbocycles. The molecule has 10 heavy (non-hydrogen) atoms. The van der Waals surface area contributed by atoms with Crippen molar-refractivity contribution in [2.45, 2.75) is 0 Å². The lowest BCUT2D eigenvalue weighted by Gasteiger charge is -2.01. The summed E-state index contributed by atoms with van der Waals surface area (Å²) in [5.41, 5.74) is 1.81. The van der Waals surface area contributed by atoms with Gasteiger partial charge >= 0.3 is 0 Å². The van der Waals surface area contributed by atoms with Crippen molar-refractivity contribution in [3.8, 4) is 0 Å². The van der Waals surface area contributed by atoms with Crippen LogP contribution >= 0.6 is 0 Å². The van der Waals surface area contributed by atoms with Crippen molar-refractivity contribution in [1.82, 2.24) is 14.8 Å². The Balaban J connectivity index is 3.22. The summed E-state index contributed by atoms with van der Waals surface area (Å²) >= 11 is 0. The Morgan fingerprint density at radius 2 is 2.50 bits per heavy atom. The Hall–Kier alpha value is -1.43. The highest BCUT2D eigenvalue weighted by molar-refractivity contribution is 5.18. The van der Waals surface area contributed by atoms with Crippen LogP contribution in [0.5, 0.6) is 0 Å². The summed E-state index contributed by atoms with van der Waals surface area (Å²) in [6, 6.07) is 0. The van der Waals surface area contributed by atoms with Crippen molar-refractivity contribution in [2.75, 3.05) is 5.43 Å². The summed E-state index contributed by atoms with van der Waals surface area (Å²) in [6.45, 7) is 0. The second-order valence-corrected chi connectivity index (χ2v) is 1.69. The molecule has 0 aliphatic heterocycles. The van der Waals surface area contributed by atoms with Crippen LogP contribution in [0.2, 0.25) is 0 Å². The molecule has 1 rings (SSSR count). The molecule has 6 nitrogen and oxygen atoms in total. The van der Waals surface area contributed by atoms with Gasteiger partial charge in [0.2, 0.25) is 5.95 Å². The van der Waals surface area contributed by atoms with Gasteiger partial charge in [-0.3, -0.25) is 10.2 Å². The van der Waals surface area contributed by atoms with Gasteiger partial charge in [0.15, 0.2) is 0 Å². The first kappa shape index (κ1) is 6.69. The fraction of sp³-hybridized carbons (Fsp3) is 0.250. The van der Waals surface area contributed by atoms with E-state index in [9.17, 15) is 4.79 Å².